The zero-order chi connectivity index (χ0) is 50.5. The van der Waals surface area contributed by atoms with Crippen molar-refractivity contribution < 1.29 is 24.2 Å². The van der Waals surface area contributed by atoms with E-state index in [2.05, 4.69) is 44.8 Å². The third kappa shape index (κ3) is 9.60. The second kappa shape index (κ2) is 19.9. The Labute approximate surface area is 427 Å². The number of aryl methyl sites for hydroxylation is 3. The maximum absolute atomic E-state index is 14.4. The van der Waals surface area contributed by atoms with Crippen molar-refractivity contribution in [2.24, 2.45) is 10.9 Å². The number of β-amino-alcohol motifs (C(OH)–C–C–N with tert-alkyl or cyclic N) is 1. The molecular formula is C54H58ClN11O5S. The molecule has 1 saturated heterocycles. The van der Waals surface area contributed by atoms with Crippen LogP contribution in [0.15, 0.2) is 103 Å². The molecule has 3 N–H and O–H groups in total. The zero-order valence-corrected chi connectivity index (χ0v) is 42.9. The molecule has 4 aromatic heterocycles. The summed E-state index contributed by atoms with van der Waals surface area (Å²) < 4.78 is 12.1. The number of hydrogen-bond donors (Lipinski definition) is 3. The lowest BCUT2D eigenvalue weighted by atomic mass is 9.89. The van der Waals surface area contributed by atoms with Crippen molar-refractivity contribution in [3.05, 3.63) is 147 Å². The highest BCUT2D eigenvalue weighted by atomic mass is 35.5. The van der Waals surface area contributed by atoms with Gasteiger partial charge in [-0.2, -0.15) is 5.10 Å². The van der Waals surface area contributed by atoms with Gasteiger partial charge in [0.2, 0.25) is 17.7 Å². The Bertz CT molecular complexity index is 3190. The van der Waals surface area contributed by atoms with Gasteiger partial charge in [0.25, 0.3) is 0 Å². The van der Waals surface area contributed by atoms with E-state index in [9.17, 15) is 19.5 Å². The van der Waals surface area contributed by atoms with Crippen LogP contribution in [0, 0.1) is 33.6 Å². The standard InChI is InChI=1S/C54H58ClN11O5S/c1-29(2)50(53(70)64-28-42(67)24-46(64)52(69)58-31(4)35-13-17-41(18-14-35)63-20-19-56-33(63)6)65-27-38(26-57-65)37-9-8-10-43(21-37)71-44-22-40(23-44)59-47(68)25-45-51-62-61-34(7)66(51)54-48(30(3)32(5)72-54)49(60-45)36-11-15-39(55)16-12-36/h8-21,26-27,29,31,40,42,44-46,50,67H,22-25,28H2,1-7H3,(H,58,69)(H,59,68)/t31-,40-,42+,44+,45-,46-,50-/m0/s1. The fourth-order valence-corrected chi connectivity index (χ4v) is 11.4. The van der Waals surface area contributed by atoms with E-state index in [0.29, 0.717) is 29.4 Å². The molecule has 10 rings (SSSR count). The van der Waals surface area contributed by atoms with E-state index in [4.69, 9.17) is 21.3 Å². The van der Waals surface area contributed by atoms with Crippen molar-refractivity contribution >= 4 is 46.4 Å². The summed E-state index contributed by atoms with van der Waals surface area (Å²) in [6.45, 7) is 13.9. The number of aliphatic imine (C=N–C) groups is 1. The number of aromatic nitrogens is 7. The van der Waals surface area contributed by atoms with Gasteiger partial charge in [0.1, 0.15) is 46.6 Å². The van der Waals surface area contributed by atoms with Gasteiger partial charge in [-0.1, -0.05) is 61.8 Å². The van der Waals surface area contributed by atoms with Crippen molar-refractivity contribution in [2.45, 2.75) is 117 Å². The molecule has 1 aliphatic carbocycles. The third-order valence-electron chi connectivity index (χ3n) is 14.2. The Morgan fingerprint density at radius 2 is 1.68 bits per heavy atom. The normalized spacial score (nSPS) is 20.2. The number of halogens is 1. The number of carbonyl (C=O) groups excluding carboxylic acids is 3. The smallest absolute Gasteiger partial charge is 0.248 e. The van der Waals surface area contributed by atoms with Gasteiger partial charge < -0.3 is 29.9 Å². The monoisotopic (exact) mass is 1010 g/mol. The number of benzene rings is 3. The van der Waals surface area contributed by atoms with E-state index < -0.39 is 24.2 Å². The maximum atomic E-state index is 14.4. The van der Waals surface area contributed by atoms with E-state index in [0.717, 1.165) is 61.4 Å². The topological polar surface area (TPSA) is 187 Å². The number of hydrogen-bond acceptors (Lipinski definition) is 11. The second-order valence-electron chi connectivity index (χ2n) is 19.6. The first-order valence-corrected chi connectivity index (χ1v) is 25.7. The number of amides is 3. The Hall–Kier alpha value is -6.95. The van der Waals surface area contributed by atoms with E-state index in [1.165, 1.54) is 9.78 Å². The molecule has 1 saturated carbocycles. The average molecular weight is 1010 g/mol. The van der Waals surface area contributed by atoms with Crippen LogP contribution in [0.25, 0.3) is 21.8 Å². The van der Waals surface area contributed by atoms with Crippen LogP contribution in [0.4, 0.5) is 0 Å². The maximum Gasteiger partial charge on any atom is 0.248 e. The van der Waals surface area contributed by atoms with Gasteiger partial charge in [0.15, 0.2) is 5.82 Å². The van der Waals surface area contributed by atoms with Crippen LogP contribution in [0.3, 0.4) is 0 Å². The Morgan fingerprint density at radius 3 is 2.40 bits per heavy atom. The summed E-state index contributed by atoms with van der Waals surface area (Å²) in [5.41, 5.74) is 7.39. The van der Waals surface area contributed by atoms with Crippen molar-refractivity contribution in [2.75, 3.05) is 6.54 Å². The summed E-state index contributed by atoms with van der Waals surface area (Å²) in [7, 11) is 0. The molecule has 18 heteroatoms. The first kappa shape index (κ1) is 48.7. The lowest BCUT2D eigenvalue weighted by Crippen LogP contribution is -2.49. The first-order chi connectivity index (χ1) is 34.6. The molecule has 16 nitrogen and oxygen atoms in total. The van der Waals surface area contributed by atoms with Crippen LogP contribution in [-0.2, 0) is 14.4 Å². The molecule has 0 unspecified atom stereocenters. The summed E-state index contributed by atoms with van der Waals surface area (Å²) in [4.78, 5) is 54.3. The molecule has 2 fully saturated rings. The molecule has 7 aromatic rings. The van der Waals surface area contributed by atoms with Crippen LogP contribution in [-0.4, -0.2) is 98.4 Å². The fraction of sp³-hybridized carbons (Fsp3) is 0.370. The lowest BCUT2D eigenvalue weighted by Gasteiger charge is -2.36. The van der Waals surface area contributed by atoms with Gasteiger partial charge in [-0.15, -0.1) is 21.5 Å². The van der Waals surface area contributed by atoms with Crippen molar-refractivity contribution in [1.29, 1.82) is 0 Å². The molecule has 372 valence electrons. The summed E-state index contributed by atoms with van der Waals surface area (Å²) in [5, 5.41) is 32.4. The number of nitrogens with zero attached hydrogens (tertiary/aromatic N) is 9. The Morgan fingerprint density at radius 1 is 0.917 bits per heavy atom. The summed E-state index contributed by atoms with van der Waals surface area (Å²) in [5.74, 6) is 2.02. The predicted octanol–water partition coefficient (Wildman–Crippen LogP) is 8.31. The highest BCUT2D eigenvalue weighted by Crippen LogP contribution is 2.40. The minimum absolute atomic E-state index is 0.0490. The first-order valence-electron chi connectivity index (χ1n) is 24.5. The molecule has 3 aliphatic rings. The Balaban J connectivity index is 0.762. The number of nitrogens with one attached hydrogen (secondary N) is 2. The fourth-order valence-electron chi connectivity index (χ4n) is 10.1. The number of ether oxygens (including phenoxy) is 1. The summed E-state index contributed by atoms with van der Waals surface area (Å²) in [6, 6.07) is 20.8. The number of imidazole rings is 1. The number of likely N-dealkylation sites (tertiary alicyclic amines) is 1. The molecule has 6 heterocycles. The quantitative estimate of drug-likeness (QED) is 0.0964. The predicted molar refractivity (Wildman–Crippen MR) is 276 cm³/mol. The van der Waals surface area contributed by atoms with Gasteiger partial charge >= 0.3 is 0 Å². The van der Waals surface area contributed by atoms with E-state index >= 15 is 0 Å². The largest absolute Gasteiger partial charge is 0.490 e. The number of rotatable bonds is 14. The lowest BCUT2D eigenvalue weighted by molar-refractivity contribution is -0.142. The van der Waals surface area contributed by atoms with Crippen LogP contribution in [0.1, 0.15) is 109 Å². The van der Waals surface area contributed by atoms with Crippen LogP contribution in [0.5, 0.6) is 5.75 Å². The van der Waals surface area contributed by atoms with Crippen LogP contribution >= 0.6 is 22.9 Å². The van der Waals surface area contributed by atoms with Crippen LogP contribution < -0.4 is 15.4 Å². The molecule has 0 bridgehead atoms. The van der Waals surface area contributed by atoms with Gasteiger partial charge in [-0.05, 0) is 93.6 Å². The molecular weight excluding hydrogens is 950 g/mol. The van der Waals surface area contributed by atoms with E-state index in [1.54, 1.807) is 28.4 Å². The molecule has 2 aliphatic heterocycles. The van der Waals surface area contributed by atoms with E-state index in [1.807, 2.05) is 129 Å². The van der Waals surface area contributed by atoms with Crippen molar-refractivity contribution in [1.82, 2.24) is 49.6 Å². The number of carbonyl (C=O) groups is 3. The van der Waals surface area contributed by atoms with Gasteiger partial charge in [0.05, 0.1) is 30.5 Å². The zero-order valence-electron chi connectivity index (χ0n) is 41.3. The minimum atomic E-state index is -0.840. The number of aliphatic hydroxyl groups is 1. The molecule has 0 radical (unpaired) electrons. The van der Waals surface area contributed by atoms with Crippen LogP contribution in [0.2, 0.25) is 5.02 Å². The third-order valence-corrected chi connectivity index (χ3v) is 15.6. The highest BCUT2D eigenvalue weighted by molar-refractivity contribution is 7.15. The summed E-state index contributed by atoms with van der Waals surface area (Å²) >= 11 is 7.96. The molecule has 3 amide bonds. The average Bonchev–Trinajstić information content (AvgIpc) is 4.19. The highest BCUT2D eigenvalue weighted by Gasteiger charge is 2.43. The van der Waals surface area contributed by atoms with Gasteiger partial charge in [0, 0.05) is 82.7 Å². The molecule has 72 heavy (non-hydrogen) atoms. The molecule has 3 aromatic carbocycles. The van der Waals surface area contributed by atoms with E-state index in [-0.39, 0.29) is 61.2 Å². The molecule has 0 spiro atoms. The second-order valence-corrected chi connectivity index (χ2v) is 21.2. The number of fused-ring (bicyclic) bond motifs is 3. The molecule has 5 atom stereocenters. The SMILES string of the molecule is Cc1sc2c(c1C)C(c1ccc(Cl)cc1)=N[C@@H](CC(=O)N[C@H]1C[C@@H](Oc3cccc(-c4cnn([C@H](C(=O)N5C[C@H](O)C[C@H]5C(=O)N[C@@H](C)c5ccc(-n6ccnc6C)cc5)C(C)C)c4)c3)C1)c1nnc(C)n1-2. The van der Waals surface area contributed by atoms with Gasteiger partial charge in [-0.25, -0.2) is 4.98 Å². The van der Waals surface area contributed by atoms with Crippen molar-refractivity contribution in [3.8, 4) is 27.6 Å². The Kier molecular flexibility index (Phi) is 13.5. The summed E-state index contributed by atoms with van der Waals surface area (Å²) in [6.07, 6.45) is 7.81. The number of thiophene rings is 1. The minimum Gasteiger partial charge on any atom is -0.490 e. The van der Waals surface area contributed by atoms with Crippen molar-refractivity contribution in [3.63, 3.8) is 0 Å². The van der Waals surface area contributed by atoms with Gasteiger partial charge in [-0.3, -0.25) is 28.6 Å². The number of aliphatic hydroxyl groups excluding tert-OH is 1.